The molecule has 2 rings (SSSR count). The number of hydrogen-bond acceptors (Lipinski definition) is 3. The molecular formula is C15H15FO3. The van der Waals surface area contributed by atoms with Gasteiger partial charge in [0.25, 0.3) is 0 Å². The Morgan fingerprint density at radius 2 is 1.95 bits per heavy atom. The van der Waals surface area contributed by atoms with Crippen LogP contribution in [0.1, 0.15) is 18.6 Å². The second-order valence-corrected chi connectivity index (χ2v) is 4.17. The molecule has 0 spiro atoms. The predicted molar refractivity (Wildman–Crippen MR) is 70.4 cm³/mol. The van der Waals surface area contributed by atoms with Crippen molar-refractivity contribution in [1.29, 1.82) is 0 Å². The number of fused-ring (bicyclic) bond motifs is 1. The second-order valence-electron chi connectivity index (χ2n) is 4.17. The van der Waals surface area contributed by atoms with Crippen LogP contribution in [-0.4, -0.2) is 23.9 Å². The van der Waals surface area contributed by atoms with Crippen LogP contribution >= 0.6 is 0 Å². The molecule has 0 radical (unpaired) electrons. The van der Waals surface area contributed by atoms with Crippen LogP contribution in [0.2, 0.25) is 0 Å². The minimum absolute atomic E-state index is 0.0848. The highest BCUT2D eigenvalue weighted by atomic mass is 19.1. The smallest absolute Gasteiger partial charge is 0.343 e. The van der Waals surface area contributed by atoms with E-state index in [1.165, 1.54) is 0 Å². The Balaban J connectivity index is 2.36. The van der Waals surface area contributed by atoms with Crippen molar-refractivity contribution in [3.63, 3.8) is 0 Å². The van der Waals surface area contributed by atoms with E-state index in [1.54, 1.807) is 31.2 Å². The number of benzene rings is 2. The zero-order valence-corrected chi connectivity index (χ0v) is 10.5. The molecule has 0 amide bonds. The van der Waals surface area contributed by atoms with E-state index in [0.717, 1.165) is 10.8 Å². The zero-order chi connectivity index (χ0) is 13.8. The van der Waals surface area contributed by atoms with Gasteiger partial charge in [0.1, 0.15) is 6.10 Å². The van der Waals surface area contributed by atoms with E-state index >= 15 is 0 Å². The summed E-state index contributed by atoms with van der Waals surface area (Å²) in [6, 6.07) is 12.5. The maximum absolute atomic E-state index is 13.9. The van der Waals surface area contributed by atoms with Crippen LogP contribution in [-0.2, 0) is 9.53 Å². The lowest BCUT2D eigenvalue weighted by molar-refractivity contribution is -0.153. The van der Waals surface area contributed by atoms with E-state index in [4.69, 9.17) is 0 Å². The van der Waals surface area contributed by atoms with Crippen LogP contribution in [0.15, 0.2) is 42.5 Å². The van der Waals surface area contributed by atoms with Gasteiger partial charge >= 0.3 is 5.97 Å². The summed E-state index contributed by atoms with van der Waals surface area (Å²) in [5, 5.41) is 11.6. The zero-order valence-electron chi connectivity index (χ0n) is 10.5. The molecule has 0 heterocycles. The first-order valence-electron chi connectivity index (χ1n) is 6.11. The molecule has 100 valence electrons. The van der Waals surface area contributed by atoms with Gasteiger partial charge in [-0.2, -0.15) is 0 Å². The summed E-state index contributed by atoms with van der Waals surface area (Å²) in [4.78, 5) is 11.3. The van der Waals surface area contributed by atoms with Crippen LogP contribution in [0.25, 0.3) is 10.8 Å². The maximum atomic E-state index is 13.9. The number of halogens is 1. The number of esters is 1. The second kappa shape index (κ2) is 5.80. The largest absolute Gasteiger partial charge is 0.464 e. The van der Waals surface area contributed by atoms with E-state index in [9.17, 15) is 14.3 Å². The summed E-state index contributed by atoms with van der Waals surface area (Å²) < 4.78 is 18.5. The number of aliphatic hydroxyl groups is 1. The molecule has 0 aliphatic rings. The molecule has 0 aromatic heterocycles. The summed E-state index contributed by atoms with van der Waals surface area (Å²) in [7, 11) is 0. The lowest BCUT2D eigenvalue weighted by atomic mass is 9.98. The van der Waals surface area contributed by atoms with Crippen LogP contribution in [0, 0.1) is 0 Å². The van der Waals surface area contributed by atoms with Gasteiger partial charge in [-0.25, -0.2) is 9.18 Å². The standard InChI is InChI=1S/C15H15FO3/c1-2-19-15(18)13(16)14(17)12-9-5-7-10-6-3-4-8-11(10)12/h3-9,13-14,17H,2H2,1H3. The average molecular weight is 262 g/mol. The first kappa shape index (κ1) is 13.5. The summed E-state index contributed by atoms with van der Waals surface area (Å²) in [6.45, 7) is 1.68. The van der Waals surface area contributed by atoms with Gasteiger partial charge in [0.15, 0.2) is 0 Å². The number of rotatable bonds is 4. The number of carbonyl (C=O) groups excluding carboxylic acids is 1. The summed E-state index contributed by atoms with van der Waals surface area (Å²) >= 11 is 0. The molecule has 3 nitrogen and oxygen atoms in total. The molecule has 0 fully saturated rings. The molecule has 0 bridgehead atoms. The molecule has 0 saturated heterocycles. The molecule has 2 aromatic rings. The van der Waals surface area contributed by atoms with E-state index in [0.29, 0.717) is 5.56 Å². The number of aliphatic hydroxyl groups excluding tert-OH is 1. The number of carbonyl (C=O) groups is 1. The Morgan fingerprint density at radius 3 is 2.68 bits per heavy atom. The first-order valence-corrected chi connectivity index (χ1v) is 6.11. The lowest BCUT2D eigenvalue weighted by Crippen LogP contribution is -2.26. The van der Waals surface area contributed by atoms with Gasteiger partial charge in [-0.3, -0.25) is 0 Å². The van der Waals surface area contributed by atoms with E-state index in [2.05, 4.69) is 4.74 Å². The van der Waals surface area contributed by atoms with Crippen LogP contribution in [0.3, 0.4) is 0 Å². The van der Waals surface area contributed by atoms with Gasteiger partial charge in [0.2, 0.25) is 6.17 Å². The fraction of sp³-hybridized carbons (Fsp3) is 0.267. The molecule has 0 aliphatic carbocycles. The van der Waals surface area contributed by atoms with E-state index in [1.807, 2.05) is 18.2 Å². The number of alkyl halides is 1. The predicted octanol–water partition coefficient (Wildman–Crippen LogP) is 2.77. The van der Waals surface area contributed by atoms with Gasteiger partial charge < -0.3 is 9.84 Å². The number of ether oxygens (including phenoxy) is 1. The van der Waals surface area contributed by atoms with Crippen molar-refractivity contribution in [3.05, 3.63) is 48.0 Å². The minimum atomic E-state index is -2.08. The topological polar surface area (TPSA) is 46.5 Å². The Kier molecular flexibility index (Phi) is 4.12. The highest BCUT2D eigenvalue weighted by Crippen LogP contribution is 2.27. The fourth-order valence-corrected chi connectivity index (χ4v) is 2.02. The normalized spacial score (nSPS) is 14.1. The van der Waals surface area contributed by atoms with Gasteiger partial charge in [0.05, 0.1) is 6.61 Å². The van der Waals surface area contributed by atoms with Crippen molar-refractivity contribution in [2.24, 2.45) is 0 Å². The maximum Gasteiger partial charge on any atom is 0.343 e. The molecule has 2 aromatic carbocycles. The molecule has 2 unspecified atom stereocenters. The van der Waals surface area contributed by atoms with Crippen molar-refractivity contribution in [2.75, 3.05) is 6.61 Å². The molecule has 0 aliphatic heterocycles. The summed E-state index contributed by atoms with van der Waals surface area (Å²) in [6.07, 6.45) is -3.60. The van der Waals surface area contributed by atoms with Gasteiger partial charge in [-0.15, -0.1) is 0 Å². The van der Waals surface area contributed by atoms with E-state index in [-0.39, 0.29) is 6.61 Å². The highest BCUT2D eigenvalue weighted by molar-refractivity contribution is 5.87. The molecule has 2 atom stereocenters. The molecular weight excluding hydrogens is 247 g/mol. The lowest BCUT2D eigenvalue weighted by Gasteiger charge is -2.16. The van der Waals surface area contributed by atoms with Crippen molar-refractivity contribution >= 4 is 16.7 Å². The van der Waals surface area contributed by atoms with Gasteiger partial charge in [-0.1, -0.05) is 42.5 Å². The molecule has 0 saturated carbocycles. The quantitative estimate of drug-likeness (QED) is 0.862. The van der Waals surface area contributed by atoms with Crippen LogP contribution in [0.4, 0.5) is 4.39 Å². The first-order chi connectivity index (χ1) is 9.15. The van der Waals surface area contributed by atoms with Crippen molar-refractivity contribution < 1.29 is 19.0 Å². The SMILES string of the molecule is CCOC(=O)C(F)C(O)c1cccc2ccccc12. The van der Waals surface area contributed by atoms with Crippen molar-refractivity contribution in [3.8, 4) is 0 Å². The Labute approximate surface area is 110 Å². The molecule has 19 heavy (non-hydrogen) atoms. The van der Waals surface area contributed by atoms with Crippen molar-refractivity contribution in [1.82, 2.24) is 0 Å². The van der Waals surface area contributed by atoms with E-state index < -0.39 is 18.2 Å². The van der Waals surface area contributed by atoms with Crippen molar-refractivity contribution in [2.45, 2.75) is 19.2 Å². The Hall–Kier alpha value is -1.94. The molecule has 1 N–H and O–H groups in total. The third-order valence-electron chi connectivity index (χ3n) is 2.93. The fourth-order valence-electron chi connectivity index (χ4n) is 2.02. The van der Waals surface area contributed by atoms with Gasteiger partial charge in [-0.05, 0) is 23.3 Å². The minimum Gasteiger partial charge on any atom is -0.464 e. The Morgan fingerprint density at radius 1 is 1.26 bits per heavy atom. The summed E-state index contributed by atoms with van der Waals surface area (Å²) in [5.74, 6) is -1.04. The monoisotopic (exact) mass is 262 g/mol. The van der Waals surface area contributed by atoms with Crippen LogP contribution < -0.4 is 0 Å². The third kappa shape index (κ3) is 2.74. The van der Waals surface area contributed by atoms with Gasteiger partial charge in [0, 0.05) is 0 Å². The third-order valence-corrected chi connectivity index (χ3v) is 2.93. The Bertz CT molecular complexity index is 577. The average Bonchev–Trinajstić information content (AvgIpc) is 2.45. The summed E-state index contributed by atoms with van der Waals surface area (Å²) in [5.41, 5.74) is 0.388. The molecule has 4 heteroatoms. The number of hydrogen-bond donors (Lipinski definition) is 1. The highest BCUT2D eigenvalue weighted by Gasteiger charge is 2.29. The van der Waals surface area contributed by atoms with Crippen LogP contribution in [0.5, 0.6) is 0 Å².